The van der Waals surface area contributed by atoms with E-state index in [9.17, 15) is 18.7 Å². The van der Waals surface area contributed by atoms with Crippen molar-refractivity contribution in [3.05, 3.63) is 76.9 Å². The van der Waals surface area contributed by atoms with Crippen molar-refractivity contribution >= 4 is 12.9 Å². The van der Waals surface area contributed by atoms with Crippen LogP contribution in [0.2, 0.25) is 0 Å². The highest BCUT2D eigenvalue weighted by atomic mass is 31.2. The van der Waals surface area contributed by atoms with Crippen molar-refractivity contribution in [2.24, 2.45) is 5.92 Å². The van der Waals surface area contributed by atoms with Crippen molar-refractivity contribution < 1.29 is 27.9 Å². The number of benzene rings is 3. The van der Waals surface area contributed by atoms with Crippen molar-refractivity contribution in [1.29, 1.82) is 0 Å². The normalized spacial score (nSPS) is 18.3. The molecule has 0 spiro atoms. The van der Waals surface area contributed by atoms with Crippen LogP contribution in [0.15, 0.2) is 48.5 Å². The van der Waals surface area contributed by atoms with Gasteiger partial charge in [-0.2, -0.15) is 0 Å². The SMILES string of the molecule is CCC[C@H]1CC[C@H](c2ccc(-c3ccc(Oc4c(C)cc(P(=O)(O)O)cc4C)c(F)c3)cc2F)CC1. The van der Waals surface area contributed by atoms with Crippen LogP contribution in [0.4, 0.5) is 8.78 Å². The molecule has 3 aromatic rings. The van der Waals surface area contributed by atoms with Crippen LogP contribution in [0, 0.1) is 31.4 Å². The summed E-state index contributed by atoms with van der Waals surface area (Å²) in [6.45, 7) is 5.50. The Hall–Kier alpha value is -2.53. The van der Waals surface area contributed by atoms with Gasteiger partial charge in [-0.05, 0) is 110 Å². The quantitative estimate of drug-likeness (QED) is 0.314. The molecule has 1 aliphatic rings. The van der Waals surface area contributed by atoms with Gasteiger partial charge in [0.25, 0.3) is 0 Å². The van der Waals surface area contributed by atoms with Crippen LogP contribution >= 0.6 is 7.60 Å². The third kappa shape index (κ3) is 5.88. The lowest BCUT2D eigenvalue weighted by molar-refractivity contribution is 0.304. The second kappa shape index (κ2) is 10.8. The van der Waals surface area contributed by atoms with Gasteiger partial charge < -0.3 is 14.5 Å². The summed E-state index contributed by atoms with van der Waals surface area (Å²) in [5.41, 5.74) is 2.86. The van der Waals surface area contributed by atoms with E-state index in [1.807, 2.05) is 12.1 Å². The molecule has 4 rings (SSSR count). The summed E-state index contributed by atoms with van der Waals surface area (Å²) in [6, 6.07) is 12.3. The second-order valence-corrected chi connectivity index (χ2v) is 11.5. The fraction of sp³-hybridized carbons (Fsp3) is 0.379. The number of aryl methyl sites for hydroxylation is 2. The van der Waals surface area contributed by atoms with Gasteiger partial charge in [0, 0.05) is 0 Å². The molecule has 0 radical (unpaired) electrons. The van der Waals surface area contributed by atoms with E-state index in [0.717, 1.165) is 37.2 Å². The average molecular weight is 515 g/mol. The number of rotatable bonds is 7. The molecule has 0 bridgehead atoms. The first-order chi connectivity index (χ1) is 17.1. The van der Waals surface area contributed by atoms with Gasteiger partial charge >= 0.3 is 7.60 Å². The molecule has 1 fully saturated rings. The lowest BCUT2D eigenvalue weighted by Gasteiger charge is -2.29. The van der Waals surface area contributed by atoms with E-state index in [1.165, 1.54) is 43.2 Å². The molecule has 36 heavy (non-hydrogen) atoms. The van der Waals surface area contributed by atoms with Crippen molar-refractivity contribution in [2.75, 3.05) is 0 Å². The number of halogens is 2. The molecule has 0 aromatic heterocycles. The molecule has 0 atom stereocenters. The van der Waals surface area contributed by atoms with Gasteiger partial charge in [0.2, 0.25) is 0 Å². The maximum atomic E-state index is 15.1. The molecule has 7 heteroatoms. The van der Waals surface area contributed by atoms with Crippen molar-refractivity contribution in [3.63, 3.8) is 0 Å². The van der Waals surface area contributed by atoms with E-state index in [0.29, 0.717) is 28.0 Å². The van der Waals surface area contributed by atoms with E-state index in [4.69, 9.17) is 4.74 Å². The lowest BCUT2D eigenvalue weighted by atomic mass is 9.77. The van der Waals surface area contributed by atoms with Crippen molar-refractivity contribution in [2.45, 2.75) is 65.2 Å². The first-order valence-electron chi connectivity index (χ1n) is 12.5. The standard InChI is InChI=1S/C29H33F2O4P/c1-4-5-20-6-8-21(9-7-20)25-12-10-22(16-26(25)30)23-11-13-28(27(31)17-23)35-29-18(2)14-24(15-19(29)3)36(32,33)34/h10-17,20-21H,4-9H2,1-3H3,(H2,32,33,34)/t20-,21-. The Labute approximate surface area is 211 Å². The van der Waals surface area contributed by atoms with Crippen molar-refractivity contribution in [3.8, 4) is 22.6 Å². The Kier molecular flexibility index (Phi) is 7.99. The van der Waals surface area contributed by atoms with Gasteiger partial charge in [-0.3, -0.25) is 4.57 Å². The fourth-order valence-electron chi connectivity index (χ4n) is 5.34. The van der Waals surface area contributed by atoms with Gasteiger partial charge in [0.05, 0.1) is 5.30 Å². The molecule has 1 saturated carbocycles. The number of ether oxygens (including phenoxy) is 1. The highest BCUT2D eigenvalue weighted by Crippen LogP contribution is 2.40. The fourth-order valence-corrected chi connectivity index (χ4v) is 6.06. The molecule has 0 aliphatic heterocycles. The minimum Gasteiger partial charge on any atom is -0.454 e. The molecule has 0 heterocycles. The minimum absolute atomic E-state index is 0.0187. The van der Waals surface area contributed by atoms with Gasteiger partial charge in [-0.15, -0.1) is 0 Å². The Bertz CT molecular complexity index is 1270. The molecular formula is C29H33F2O4P. The molecule has 0 saturated heterocycles. The van der Waals surface area contributed by atoms with Gasteiger partial charge in [0.15, 0.2) is 11.6 Å². The second-order valence-electron chi connectivity index (χ2n) is 9.94. The third-order valence-electron chi connectivity index (χ3n) is 7.24. The molecule has 0 amide bonds. The molecule has 0 unspecified atom stereocenters. The monoisotopic (exact) mass is 514 g/mol. The van der Waals surface area contributed by atoms with Crippen LogP contribution in [0.3, 0.4) is 0 Å². The van der Waals surface area contributed by atoms with Crippen LogP contribution in [0.25, 0.3) is 11.1 Å². The summed E-state index contributed by atoms with van der Waals surface area (Å²) in [4.78, 5) is 18.9. The largest absolute Gasteiger partial charge is 0.454 e. The maximum Gasteiger partial charge on any atom is 0.356 e. The molecule has 4 nitrogen and oxygen atoms in total. The zero-order chi connectivity index (χ0) is 26.0. The minimum atomic E-state index is -4.41. The predicted octanol–water partition coefficient (Wildman–Crippen LogP) is 7.92. The Morgan fingerprint density at radius 3 is 2.00 bits per heavy atom. The summed E-state index contributed by atoms with van der Waals surface area (Å²) < 4.78 is 47.4. The first kappa shape index (κ1) is 26.5. The first-order valence-corrected chi connectivity index (χ1v) is 14.1. The van der Waals surface area contributed by atoms with E-state index >= 15 is 4.39 Å². The van der Waals surface area contributed by atoms with Crippen LogP contribution in [-0.4, -0.2) is 9.79 Å². The Balaban J connectivity index is 1.52. The van der Waals surface area contributed by atoms with E-state index in [-0.39, 0.29) is 22.8 Å². The van der Waals surface area contributed by atoms with Crippen LogP contribution in [-0.2, 0) is 4.57 Å². The van der Waals surface area contributed by atoms with Crippen LogP contribution in [0.5, 0.6) is 11.5 Å². The Morgan fingerprint density at radius 2 is 1.47 bits per heavy atom. The summed E-state index contributed by atoms with van der Waals surface area (Å²) in [6.07, 6.45) is 6.75. The average Bonchev–Trinajstić information content (AvgIpc) is 2.82. The van der Waals surface area contributed by atoms with Gasteiger partial charge in [-0.25, -0.2) is 8.78 Å². The highest BCUT2D eigenvalue weighted by molar-refractivity contribution is 7.60. The van der Waals surface area contributed by atoms with Crippen molar-refractivity contribution in [1.82, 2.24) is 0 Å². The highest BCUT2D eigenvalue weighted by Gasteiger charge is 2.24. The summed E-state index contributed by atoms with van der Waals surface area (Å²) in [7, 11) is -4.41. The topological polar surface area (TPSA) is 66.8 Å². The van der Waals surface area contributed by atoms with Gasteiger partial charge in [0.1, 0.15) is 11.6 Å². The summed E-state index contributed by atoms with van der Waals surface area (Å²) in [5, 5.41) is -0.111. The predicted molar refractivity (Wildman–Crippen MR) is 139 cm³/mol. The van der Waals surface area contributed by atoms with Crippen LogP contribution in [0.1, 0.15) is 68.1 Å². The van der Waals surface area contributed by atoms with E-state index < -0.39 is 13.4 Å². The molecule has 192 valence electrons. The molecule has 3 aromatic carbocycles. The van der Waals surface area contributed by atoms with Crippen LogP contribution < -0.4 is 10.0 Å². The van der Waals surface area contributed by atoms with E-state index in [1.54, 1.807) is 19.9 Å². The molecule has 2 N–H and O–H groups in total. The Morgan fingerprint density at radius 1 is 0.889 bits per heavy atom. The molecular weight excluding hydrogens is 481 g/mol. The summed E-state index contributed by atoms with van der Waals surface area (Å²) >= 11 is 0. The molecule has 1 aliphatic carbocycles. The summed E-state index contributed by atoms with van der Waals surface area (Å²) in [5.74, 6) is 0.461. The lowest BCUT2D eigenvalue weighted by Crippen LogP contribution is -2.14. The number of hydrogen-bond acceptors (Lipinski definition) is 2. The third-order valence-corrected chi connectivity index (χ3v) is 8.17. The zero-order valence-electron chi connectivity index (χ0n) is 20.9. The smallest absolute Gasteiger partial charge is 0.356 e. The number of hydrogen-bond donors (Lipinski definition) is 2. The zero-order valence-corrected chi connectivity index (χ0v) is 21.8. The van der Waals surface area contributed by atoms with Gasteiger partial charge in [-0.1, -0.05) is 38.0 Å². The maximum absolute atomic E-state index is 15.1. The van der Waals surface area contributed by atoms with E-state index in [2.05, 4.69) is 6.92 Å².